The van der Waals surface area contributed by atoms with E-state index in [-0.39, 0.29) is 16.3 Å². The number of nitro groups is 1. The fraction of sp³-hybridized carbons (Fsp3) is 0.0952. The number of nitrogens with zero attached hydrogens (tertiary/aromatic N) is 2. The molecule has 0 unspecified atom stereocenters. The van der Waals surface area contributed by atoms with E-state index in [1.807, 2.05) is 30.3 Å². The van der Waals surface area contributed by atoms with E-state index in [0.29, 0.717) is 5.56 Å². The number of ether oxygens (including phenoxy) is 1. The fourth-order valence-electron chi connectivity index (χ4n) is 2.90. The first-order chi connectivity index (χ1) is 14.3. The lowest BCUT2D eigenvalue weighted by Gasteiger charge is -2.25. The molecule has 3 rings (SSSR count). The number of esters is 1. The molecule has 0 aliphatic carbocycles. The summed E-state index contributed by atoms with van der Waals surface area (Å²) in [7, 11) is -3.05. The Bertz CT molecular complexity index is 1160. The Labute approximate surface area is 173 Å². The molecule has 30 heavy (non-hydrogen) atoms. The molecule has 3 aromatic rings. The first kappa shape index (κ1) is 21.0. The van der Waals surface area contributed by atoms with Gasteiger partial charge < -0.3 is 4.74 Å². The number of benzene rings is 3. The van der Waals surface area contributed by atoms with Crippen LogP contribution in [0.2, 0.25) is 0 Å². The van der Waals surface area contributed by atoms with E-state index in [4.69, 9.17) is 4.74 Å². The molecule has 0 radical (unpaired) electrons. The Hall–Kier alpha value is -3.72. The second-order valence-corrected chi connectivity index (χ2v) is 8.08. The SMILES string of the molecule is COC(=O)CN(c1ccccc1-c1ccccc1)S(=O)(=O)c1ccc([N+](=O)[O-])cc1. The van der Waals surface area contributed by atoms with Gasteiger partial charge in [0.2, 0.25) is 0 Å². The number of nitro benzene ring substituents is 1. The number of rotatable bonds is 7. The Kier molecular flexibility index (Phi) is 6.12. The maximum atomic E-state index is 13.4. The Morgan fingerprint density at radius 1 is 0.967 bits per heavy atom. The Balaban J connectivity index is 2.15. The number of sulfonamides is 1. The summed E-state index contributed by atoms with van der Waals surface area (Å²) in [6, 6.07) is 20.4. The highest BCUT2D eigenvalue weighted by Gasteiger charge is 2.29. The van der Waals surface area contributed by atoms with Crippen LogP contribution in [0.4, 0.5) is 11.4 Å². The van der Waals surface area contributed by atoms with Gasteiger partial charge in [0, 0.05) is 17.7 Å². The molecule has 0 spiro atoms. The average Bonchev–Trinajstić information content (AvgIpc) is 2.77. The molecule has 0 aromatic heterocycles. The van der Waals surface area contributed by atoms with E-state index in [2.05, 4.69) is 0 Å². The molecule has 0 aliphatic rings. The second kappa shape index (κ2) is 8.75. The molecule has 154 valence electrons. The van der Waals surface area contributed by atoms with Crippen LogP contribution in [-0.2, 0) is 19.6 Å². The third kappa shape index (κ3) is 4.31. The van der Waals surface area contributed by atoms with E-state index in [1.54, 1.807) is 24.3 Å². The van der Waals surface area contributed by atoms with Crippen molar-refractivity contribution in [2.24, 2.45) is 0 Å². The van der Waals surface area contributed by atoms with Crippen molar-refractivity contribution >= 4 is 27.4 Å². The number of carbonyl (C=O) groups is 1. The number of carbonyl (C=O) groups excluding carboxylic acids is 1. The van der Waals surface area contributed by atoms with Crippen molar-refractivity contribution in [2.45, 2.75) is 4.90 Å². The predicted molar refractivity (Wildman–Crippen MR) is 112 cm³/mol. The van der Waals surface area contributed by atoms with Gasteiger partial charge >= 0.3 is 5.97 Å². The number of non-ortho nitro benzene ring substituents is 1. The minimum absolute atomic E-state index is 0.181. The van der Waals surface area contributed by atoms with Crippen molar-refractivity contribution in [2.75, 3.05) is 18.0 Å². The van der Waals surface area contributed by atoms with E-state index in [1.165, 1.54) is 7.11 Å². The van der Waals surface area contributed by atoms with Gasteiger partial charge in [0.05, 0.1) is 22.6 Å². The standard InChI is InChI=1S/C21H18N2O6S/c1-29-21(24)15-22(30(27,28)18-13-11-17(12-14-18)23(25)26)20-10-6-5-9-19(20)16-7-3-2-4-8-16/h2-14H,15H2,1H3. The van der Waals surface area contributed by atoms with Gasteiger partial charge in [0.1, 0.15) is 6.54 Å². The summed E-state index contributed by atoms with van der Waals surface area (Å²) in [5.41, 5.74) is 1.42. The molecule has 0 heterocycles. The van der Waals surface area contributed by atoms with Gasteiger partial charge in [-0.2, -0.15) is 0 Å². The molecule has 3 aromatic carbocycles. The third-order valence-electron chi connectivity index (χ3n) is 4.39. The van der Waals surface area contributed by atoms with Gasteiger partial charge in [0.15, 0.2) is 0 Å². The van der Waals surface area contributed by atoms with Crippen molar-refractivity contribution in [1.82, 2.24) is 0 Å². The van der Waals surface area contributed by atoms with Crippen molar-refractivity contribution in [3.8, 4) is 11.1 Å². The van der Waals surface area contributed by atoms with Crippen LogP contribution in [0.3, 0.4) is 0 Å². The number of para-hydroxylation sites is 1. The van der Waals surface area contributed by atoms with Gasteiger partial charge in [-0.1, -0.05) is 48.5 Å². The summed E-state index contributed by atoms with van der Waals surface area (Å²) in [6.07, 6.45) is 0. The lowest BCUT2D eigenvalue weighted by molar-refractivity contribution is -0.384. The third-order valence-corrected chi connectivity index (χ3v) is 6.17. The highest BCUT2D eigenvalue weighted by Crippen LogP contribution is 2.34. The van der Waals surface area contributed by atoms with Crippen molar-refractivity contribution in [1.29, 1.82) is 0 Å². The lowest BCUT2D eigenvalue weighted by atomic mass is 10.0. The molecule has 0 saturated heterocycles. The van der Waals surface area contributed by atoms with E-state index in [0.717, 1.165) is 34.1 Å². The fourth-order valence-corrected chi connectivity index (χ4v) is 4.33. The second-order valence-electron chi connectivity index (χ2n) is 6.22. The van der Waals surface area contributed by atoms with Crippen LogP contribution in [0.25, 0.3) is 11.1 Å². The summed E-state index contributed by atoms with van der Waals surface area (Å²) in [6.45, 7) is -0.556. The van der Waals surface area contributed by atoms with Crippen LogP contribution in [0, 0.1) is 10.1 Å². The van der Waals surface area contributed by atoms with Crippen LogP contribution >= 0.6 is 0 Å². The van der Waals surface area contributed by atoms with E-state index >= 15 is 0 Å². The molecular formula is C21H18N2O6S. The predicted octanol–water partition coefficient (Wildman–Crippen LogP) is 3.63. The number of anilines is 1. The molecular weight excluding hydrogens is 408 g/mol. The topological polar surface area (TPSA) is 107 Å². The van der Waals surface area contributed by atoms with Gasteiger partial charge in [0.25, 0.3) is 15.7 Å². The molecule has 0 N–H and O–H groups in total. The summed E-state index contributed by atoms with van der Waals surface area (Å²) >= 11 is 0. The summed E-state index contributed by atoms with van der Waals surface area (Å²) < 4.78 is 32.4. The van der Waals surface area contributed by atoms with Crippen molar-refractivity contribution in [3.63, 3.8) is 0 Å². The minimum atomic E-state index is -4.22. The van der Waals surface area contributed by atoms with Crippen LogP contribution in [-0.4, -0.2) is 33.0 Å². The Morgan fingerprint density at radius 2 is 1.57 bits per heavy atom. The lowest BCUT2D eigenvalue weighted by Crippen LogP contribution is -2.36. The van der Waals surface area contributed by atoms with E-state index < -0.39 is 27.5 Å². The first-order valence-electron chi connectivity index (χ1n) is 8.83. The van der Waals surface area contributed by atoms with Gasteiger partial charge in [-0.05, 0) is 23.8 Å². The number of hydrogen-bond donors (Lipinski definition) is 0. The zero-order valence-electron chi connectivity index (χ0n) is 16.0. The van der Waals surface area contributed by atoms with Gasteiger partial charge in [-0.3, -0.25) is 19.2 Å². The smallest absolute Gasteiger partial charge is 0.326 e. The maximum absolute atomic E-state index is 13.4. The molecule has 0 aliphatic heterocycles. The van der Waals surface area contributed by atoms with Crippen molar-refractivity contribution < 1.29 is 22.9 Å². The average molecular weight is 426 g/mol. The maximum Gasteiger partial charge on any atom is 0.326 e. The van der Waals surface area contributed by atoms with Crippen LogP contribution in [0.15, 0.2) is 83.8 Å². The largest absolute Gasteiger partial charge is 0.468 e. The molecule has 0 fully saturated rings. The zero-order chi connectivity index (χ0) is 21.7. The van der Waals surface area contributed by atoms with Gasteiger partial charge in [-0.25, -0.2) is 8.42 Å². The summed E-state index contributed by atoms with van der Waals surface area (Å²) in [5, 5.41) is 10.9. The van der Waals surface area contributed by atoms with Crippen molar-refractivity contribution in [3.05, 3.63) is 89.0 Å². The minimum Gasteiger partial charge on any atom is -0.468 e. The zero-order valence-corrected chi connectivity index (χ0v) is 16.8. The molecule has 0 atom stereocenters. The Morgan fingerprint density at radius 3 is 2.17 bits per heavy atom. The molecule has 9 heteroatoms. The van der Waals surface area contributed by atoms with Crippen LogP contribution in [0.1, 0.15) is 0 Å². The monoisotopic (exact) mass is 426 g/mol. The molecule has 8 nitrogen and oxygen atoms in total. The normalized spacial score (nSPS) is 11.0. The molecule has 0 saturated carbocycles. The highest BCUT2D eigenvalue weighted by molar-refractivity contribution is 7.92. The summed E-state index contributed by atoms with van der Waals surface area (Å²) in [5.74, 6) is -0.747. The molecule has 0 amide bonds. The first-order valence-corrected chi connectivity index (χ1v) is 10.3. The number of hydrogen-bond acceptors (Lipinski definition) is 6. The molecule has 0 bridgehead atoms. The van der Waals surface area contributed by atoms with Gasteiger partial charge in [-0.15, -0.1) is 0 Å². The van der Waals surface area contributed by atoms with Crippen LogP contribution in [0.5, 0.6) is 0 Å². The number of methoxy groups -OCH3 is 1. The van der Waals surface area contributed by atoms with E-state index in [9.17, 15) is 23.3 Å². The quantitative estimate of drug-likeness (QED) is 0.324. The summed E-state index contributed by atoms with van der Waals surface area (Å²) in [4.78, 5) is 22.1. The van der Waals surface area contributed by atoms with Crippen LogP contribution < -0.4 is 4.31 Å². The highest BCUT2D eigenvalue weighted by atomic mass is 32.2.